The fourth-order valence-corrected chi connectivity index (χ4v) is 2.15. The number of carboxylic acids is 1. The van der Waals surface area contributed by atoms with Crippen molar-refractivity contribution in [3.05, 3.63) is 59.7 Å². The molecule has 2 rings (SSSR count). The van der Waals surface area contributed by atoms with Gasteiger partial charge in [0.05, 0.1) is 6.61 Å². The number of benzene rings is 2. The van der Waals surface area contributed by atoms with Crippen LogP contribution in [0, 0.1) is 11.3 Å². The first kappa shape index (κ1) is 19.5. The zero-order chi connectivity index (χ0) is 19.6. The van der Waals surface area contributed by atoms with Crippen LogP contribution >= 0.6 is 0 Å². The first-order valence-electron chi connectivity index (χ1n) is 8.12. The molecule has 0 atom stereocenters. The third kappa shape index (κ3) is 6.21. The molecule has 0 aliphatic carbocycles. The van der Waals surface area contributed by atoms with Gasteiger partial charge in [-0.05, 0) is 42.8 Å². The SMILES string of the molecule is CCOc1cccc(NC(=O)C(C#N)=Cc2ccc(OCC(=O)O)cc2)c1. The van der Waals surface area contributed by atoms with Crippen molar-refractivity contribution < 1.29 is 24.2 Å². The number of rotatable bonds is 8. The van der Waals surface area contributed by atoms with Gasteiger partial charge in [0.25, 0.3) is 5.91 Å². The molecule has 0 saturated carbocycles. The Kier molecular flexibility index (Phi) is 6.97. The van der Waals surface area contributed by atoms with E-state index in [-0.39, 0.29) is 5.57 Å². The Bertz CT molecular complexity index is 882. The summed E-state index contributed by atoms with van der Waals surface area (Å²) in [6, 6.07) is 15.1. The van der Waals surface area contributed by atoms with Crippen LogP contribution in [0.15, 0.2) is 54.1 Å². The summed E-state index contributed by atoms with van der Waals surface area (Å²) >= 11 is 0. The van der Waals surface area contributed by atoms with E-state index in [4.69, 9.17) is 14.6 Å². The number of anilines is 1. The largest absolute Gasteiger partial charge is 0.494 e. The second-order valence-corrected chi connectivity index (χ2v) is 5.34. The van der Waals surface area contributed by atoms with Crippen LogP contribution in [0.2, 0.25) is 0 Å². The maximum absolute atomic E-state index is 12.3. The lowest BCUT2D eigenvalue weighted by molar-refractivity contribution is -0.139. The van der Waals surface area contributed by atoms with Gasteiger partial charge in [-0.2, -0.15) is 5.26 Å². The zero-order valence-electron chi connectivity index (χ0n) is 14.6. The van der Waals surface area contributed by atoms with E-state index in [1.165, 1.54) is 6.08 Å². The average Bonchev–Trinajstić information content (AvgIpc) is 2.65. The highest BCUT2D eigenvalue weighted by molar-refractivity contribution is 6.09. The molecule has 0 spiro atoms. The van der Waals surface area contributed by atoms with Gasteiger partial charge in [-0.1, -0.05) is 18.2 Å². The number of carbonyl (C=O) groups excluding carboxylic acids is 1. The molecule has 0 aliphatic heterocycles. The van der Waals surface area contributed by atoms with Crippen LogP contribution in [0.4, 0.5) is 5.69 Å². The van der Waals surface area contributed by atoms with E-state index in [0.29, 0.717) is 29.4 Å². The van der Waals surface area contributed by atoms with Crippen LogP contribution in [0.3, 0.4) is 0 Å². The van der Waals surface area contributed by atoms with Crippen LogP contribution < -0.4 is 14.8 Å². The monoisotopic (exact) mass is 366 g/mol. The number of ether oxygens (including phenoxy) is 2. The maximum Gasteiger partial charge on any atom is 0.341 e. The van der Waals surface area contributed by atoms with Crippen LogP contribution in [-0.2, 0) is 9.59 Å². The smallest absolute Gasteiger partial charge is 0.341 e. The molecule has 2 aromatic rings. The lowest BCUT2D eigenvalue weighted by atomic mass is 10.1. The molecule has 0 radical (unpaired) electrons. The van der Waals surface area contributed by atoms with E-state index in [2.05, 4.69) is 5.32 Å². The second-order valence-electron chi connectivity index (χ2n) is 5.34. The van der Waals surface area contributed by atoms with Crippen LogP contribution in [-0.4, -0.2) is 30.2 Å². The zero-order valence-corrected chi connectivity index (χ0v) is 14.6. The van der Waals surface area contributed by atoms with Gasteiger partial charge >= 0.3 is 5.97 Å². The normalized spacial score (nSPS) is 10.6. The van der Waals surface area contributed by atoms with Gasteiger partial charge < -0.3 is 19.9 Å². The summed E-state index contributed by atoms with van der Waals surface area (Å²) in [6.45, 7) is 1.93. The van der Waals surface area contributed by atoms with Crippen molar-refractivity contribution >= 4 is 23.6 Å². The minimum absolute atomic E-state index is 0.0731. The maximum atomic E-state index is 12.3. The highest BCUT2D eigenvalue weighted by atomic mass is 16.5. The Balaban J connectivity index is 2.08. The van der Waals surface area contributed by atoms with E-state index >= 15 is 0 Å². The molecule has 27 heavy (non-hydrogen) atoms. The second kappa shape index (κ2) is 9.63. The molecular weight excluding hydrogens is 348 g/mol. The Labute approximate surface area is 156 Å². The first-order valence-corrected chi connectivity index (χ1v) is 8.12. The van der Waals surface area contributed by atoms with Crippen molar-refractivity contribution in [1.29, 1.82) is 5.26 Å². The van der Waals surface area contributed by atoms with Crippen LogP contribution in [0.5, 0.6) is 11.5 Å². The highest BCUT2D eigenvalue weighted by Crippen LogP contribution is 2.19. The molecule has 0 saturated heterocycles. The molecule has 0 aromatic heterocycles. The van der Waals surface area contributed by atoms with Gasteiger partial charge in [-0.15, -0.1) is 0 Å². The lowest BCUT2D eigenvalue weighted by Gasteiger charge is -2.07. The molecule has 0 fully saturated rings. The number of carboxylic acid groups (broad SMARTS) is 1. The number of nitrogens with one attached hydrogen (secondary N) is 1. The minimum Gasteiger partial charge on any atom is -0.494 e. The quantitative estimate of drug-likeness (QED) is 0.549. The van der Waals surface area contributed by atoms with E-state index in [1.54, 1.807) is 48.5 Å². The fourth-order valence-electron chi connectivity index (χ4n) is 2.15. The van der Waals surface area contributed by atoms with E-state index in [1.807, 2.05) is 13.0 Å². The standard InChI is InChI=1S/C20H18N2O5/c1-2-26-18-5-3-4-16(11-18)22-20(25)15(12-21)10-14-6-8-17(9-7-14)27-13-19(23)24/h3-11H,2,13H2,1H3,(H,22,25)(H,23,24). The van der Waals surface area contributed by atoms with Crippen LogP contribution in [0.25, 0.3) is 6.08 Å². The molecule has 2 aromatic carbocycles. The number of amides is 1. The number of carbonyl (C=O) groups is 2. The molecule has 2 N–H and O–H groups in total. The summed E-state index contributed by atoms with van der Waals surface area (Å²) in [6.07, 6.45) is 1.43. The van der Waals surface area contributed by atoms with Gasteiger partial charge in [0.2, 0.25) is 0 Å². The number of nitrogens with zero attached hydrogens (tertiary/aromatic N) is 1. The van der Waals surface area contributed by atoms with Crippen molar-refractivity contribution in [2.24, 2.45) is 0 Å². The van der Waals surface area contributed by atoms with Crippen molar-refractivity contribution in [1.82, 2.24) is 0 Å². The van der Waals surface area contributed by atoms with E-state index in [9.17, 15) is 14.9 Å². The third-order valence-electron chi connectivity index (χ3n) is 3.32. The highest BCUT2D eigenvalue weighted by Gasteiger charge is 2.10. The van der Waals surface area contributed by atoms with E-state index < -0.39 is 18.5 Å². The minimum atomic E-state index is -1.07. The Morgan fingerprint density at radius 2 is 1.89 bits per heavy atom. The molecule has 138 valence electrons. The fraction of sp³-hybridized carbons (Fsp3) is 0.150. The van der Waals surface area contributed by atoms with Gasteiger partial charge in [0, 0.05) is 11.8 Å². The van der Waals surface area contributed by atoms with Gasteiger partial charge in [0.1, 0.15) is 23.1 Å². The molecule has 0 bridgehead atoms. The molecule has 0 heterocycles. The predicted octanol–water partition coefficient (Wildman–Crippen LogP) is 3.09. The number of hydrogen-bond acceptors (Lipinski definition) is 5. The summed E-state index contributed by atoms with van der Waals surface area (Å²) < 4.78 is 10.4. The third-order valence-corrected chi connectivity index (χ3v) is 3.32. The van der Waals surface area contributed by atoms with Gasteiger partial charge in [-0.25, -0.2) is 4.79 Å². The molecule has 0 aliphatic rings. The number of nitriles is 1. The average molecular weight is 366 g/mol. The van der Waals surface area contributed by atoms with Gasteiger partial charge in [0.15, 0.2) is 6.61 Å². The summed E-state index contributed by atoms with van der Waals surface area (Å²) in [5, 5.41) is 20.5. The van der Waals surface area contributed by atoms with Crippen LogP contribution in [0.1, 0.15) is 12.5 Å². The van der Waals surface area contributed by atoms with E-state index in [0.717, 1.165) is 0 Å². The van der Waals surface area contributed by atoms with Crippen molar-refractivity contribution in [2.75, 3.05) is 18.5 Å². The molecule has 1 amide bonds. The topological polar surface area (TPSA) is 109 Å². The first-order chi connectivity index (χ1) is 13.0. The Morgan fingerprint density at radius 1 is 1.15 bits per heavy atom. The van der Waals surface area contributed by atoms with Crippen molar-refractivity contribution in [2.45, 2.75) is 6.92 Å². The lowest BCUT2D eigenvalue weighted by Crippen LogP contribution is -2.13. The summed E-state index contributed by atoms with van der Waals surface area (Å²) in [4.78, 5) is 22.8. The molecule has 7 nitrogen and oxygen atoms in total. The number of hydrogen-bond donors (Lipinski definition) is 2. The summed E-state index contributed by atoms with van der Waals surface area (Å²) in [5.74, 6) is -0.617. The predicted molar refractivity (Wildman–Crippen MR) is 99.4 cm³/mol. The Morgan fingerprint density at radius 3 is 2.52 bits per heavy atom. The summed E-state index contributed by atoms with van der Waals surface area (Å²) in [5.41, 5.74) is 1.05. The van der Waals surface area contributed by atoms with Crippen molar-refractivity contribution in [3.63, 3.8) is 0 Å². The Hall–Kier alpha value is -3.79. The molecule has 0 unspecified atom stereocenters. The summed E-state index contributed by atoms with van der Waals surface area (Å²) in [7, 11) is 0. The van der Waals surface area contributed by atoms with Crippen molar-refractivity contribution in [3.8, 4) is 17.6 Å². The molecule has 7 heteroatoms. The molecular formula is C20H18N2O5. The van der Waals surface area contributed by atoms with Gasteiger partial charge in [-0.3, -0.25) is 4.79 Å². The number of aliphatic carboxylic acids is 1.